The van der Waals surface area contributed by atoms with Crippen LogP contribution in [-0.4, -0.2) is 11.1 Å². The predicted octanol–water partition coefficient (Wildman–Crippen LogP) is 4.64. The van der Waals surface area contributed by atoms with Crippen LogP contribution in [0.15, 0.2) is 54.6 Å². The Hall–Kier alpha value is -1.51. The number of alkyl halides is 2. The second kappa shape index (κ2) is 6.09. The molecule has 2 nitrogen and oxygen atoms in total. The molecule has 2 aromatic rings. The molecule has 0 amide bonds. The van der Waals surface area contributed by atoms with E-state index in [1.165, 1.54) is 12.1 Å². The zero-order valence-corrected chi connectivity index (χ0v) is 11.5. The van der Waals surface area contributed by atoms with Gasteiger partial charge in [0.05, 0.1) is 16.3 Å². The van der Waals surface area contributed by atoms with E-state index >= 15 is 0 Å². The Kier molecular flexibility index (Phi) is 4.46. The van der Waals surface area contributed by atoms with Gasteiger partial charge in [-0.2, -0.15) is 0 Å². The van der Waals surface area contributed by atoms with E-state index in [9.17, 15) is 4.79 Å². The van der Waals surface area contributed by atoms with Crippen molar-refractivity contribution in [2.45, 2.75) is 10.8 Å². The second-order valence-corrected chi connectivity index (χ2v) is 5.08. The molecule has 0 aliphatic carbocycles. The zero-order chi connectivity index (χ0) is 13.8. The predicted molar refractivity (Wildman–Crippen MR) is 77.0 cm³/mol. The summed E-state index contributed by atoms with van der Waals surface area (Å²) in [6.45, 7) is 0. The molecule has 4 heteroatoms. The van der Waals surface area contributed by atoms with Crippen LogP contribution in [0.3, 0.4) is 0 Å². The van der Waals surface area contributed by atoms with E-state index in [0.717, 1.165) is 11.1 Å². The first kappa shape index (κ1) is 13.9. The summed E-state index contributed by atoms with van der Waals surface area (Å²) in [7, 11) is 0. The molecule has 2 aromatic carbocycles. The van der Waals surface area contributed by atoms with E-state index in [1.807, 2.05) is 30.3 Å². The lowest BCUT2D eigenvalue weighted by Crippen LogP contribution is -2.01. The molecule has 0 spiro atoms. The van der Waals surface area contributed by atoms with E-state index in [2.05, 4.69) is 0 Å². The lowest BCUT2D eigenvalue weighted by Gasteiger charge is -2.17. The summed E-state index contributed by atoms with van der Waals surface area (Å²) < 4.78 is 0. The van der Waals surface area contributed by atoms with Crippen molar-refractivity contribution in [1.29, 1.82) is 0 Å². The molecular weight excluding hydrogens is 283 g/mol. The molecule has 2 rings (SSSR count). The van der Waals surface area contributed by atoms with Crippen molar-refractivity contribution in [3.05, 3.63) is 71.3 Å². The zero-order valence-electron chi connectivity index (χ0n) is 9.96. The number of aromatic carboxylic acids is 1. The number of carboxylic acid groups (broad SMARTS) is 1. The van der Waals surface area contributed by atoms with E-state index in [-0.39, 0.29) is 10.9 Å². The third kappa shape index (κ3) is 3.28. The average Bonchev–Trinajstić information content (AvgIpc) is 2.46. The summed E-state index contributed by atoms with van der Waals surface area (Å²) in [5.41, 5.74) is 1.97. The molecular formula is C15H12Cl2O2. The van der Waals surface area contributed by atoms with Gasteiger partial charge in [0.15, 0.2) is 0 Å². The molecule has 0 bridgehead atoms. The van der Waals surface area contributed by atoms with Crippen LogP contribution in [0.1, 0.15) is 32.2 Å². The number of benzene rings is 2. The van der Waals surface area contributed by atoms with Crippen molar-refractivity contribution >= 4 is 29.2 Å². The number of carboxylic acids is 1. The highest BCUT2D eigenvalue weighted by Gasteiger charge is 2.20. The Bertz CT molecular complexity index is 552. The summed E-state index contributed by atoms with van der Waals surface area (Å²) in [5.74, 6) is -0.955. The van der Waals surface area contributed by atoms with E-state index in [1.54, 1.807) is 12.1 Å². The normalized spacial score (nSPS) is 13.8. The molecule has 0 saturated heterocycles. The Labute approximate surface area is 121 Å². The van der Waals surface area contributed by atoms with Gasteiger partial charge in [-0.3, -0.25) is 0 Å². The van der Waals surface area contributed by atoms with Crippen LogP contribution in [0.25, 0.3) is 0 Å². The van der Waals surface area contributed by atoms with Crippen LogP contribution in [0.2, 0.25) is 0 Å². The van der Waals surface area contributed by atoms with E-state index in [4.69, 9.17) is 28.3 Å². The maximum atomic E-state index is 10.8. The van der Waals surface area contributed by atoms with Gasteiger partial charge in [0.2, 0.25) is 0 Å². The van der Waals surface area contributed by atoms with Crippen molar-refractivity contribution in [2.75, 3.05) is 0 Å². The Morgan fingerprint density at radius 3 is 1.79 bits per heavy atom. The molecule has 0 aliphatic heterocycles. The fourth-order valence-electron chi connectivity index (χ4n) is 1.78. The highest BCUT2D eigenvalue weighted by molar-refractivity contribution is 6.30. The molecule has 0 aromatic heterocycles. The topological polar surface area (TPSA) is 37.3 Å². The van der Waals surface area contributed by atoms with Crippen molar-refractivity contribution in [2.24, 2.45) is 0 Å². The minimum absolute atomic E-state index is 0.235. The highest BCUT2D eigenvalue weighted by atomic mass is 35.5. The van der Waals surface area contributed by atoms with Gasteiger partial charge in [-0.05, 0) is 23.3 Å². The molecule has 98 valence electrons. The fraction of sp³-hybridized carbons (Fsp3) is 0.133. The minimum atomic E-state index is -0.955. The van der Waals surface area contributed by atoms with Crippen LogP contribution in [-0.2, 0) is 0 Å². The first-order valence-corrected chi connectivity index (χ1v) is 6.63. The monoisotopic (exact) mass is 294 g/mol. The van der Waals surface area contributed by atoms with Gasteiger partial charge >= 0.3 is 5.97 Å². The Morgan fingerprint density at radius 2 is 1.32 bits per heavy atom. The summed E-state index contributed by atoms with van der Waals surface area (Å²) in [6.07, 6.45) is 0. The maximum absolute atomic E-state index is 10.8. The van der Waals surface area contributed by atoms with Crippen molar-refractivity contribution in [3.63, 3.8) is 0 Å². The average molecular weight is 295 g/mol. The standard InChI is InChI=1S/C15H12Cl2O2/c16-13(10-4-2-1-3-5-10)14(17)11-6-8-12(9-7-11)15(18)19/h1-9,13-14H,(H,18,19). The van der Waals surface area contributed by atoms with Crippen LogP contribution in [0.5, 0.6) is 0 Å². The van der Waals surface area contributed by atoms with Crippen LogP contribution >= 0.6 is 23.2 Å². The van der Waals surface area contributed by atoms with Crippen LogP contribution < -0.4 is 0 Å². The first-order chi connectivity index (χ1) is 9.09. The van der Waals surface area contributed by atoms with Gasteiger partial charge < -0.3 is 5.11 Å². The van der Waals surface area contributed by atoms with Gasteiger partial charge in [0.25, 0.3) is 0 Å². The smallest absolute Gasteiger partial charge is 0.335 e. The number of rotatable bonds is 4. The fourth-order valence-corrected chi connectivity index (χ4v) is 2.37. The molecule has 2 unspecified atom stereocenters. The number of halogens is 2. The molecule has 0 fully saturated rings. The van der Waals surface area contributed by atoms with Crippen LogP contribution in [0.4, 0.5) is 0 Å². The third-order valence-corrected chi connectivity index (χ3v) is 3.99. The van der Waals surface area contributed by atoms with Gasteiger partial charge in [-0.25, -0.2) is 4.79 Å². The summed E-state index contributed by atoms with van der Waals surface area (Å²) in [5, 5.41) is 8.07. The largest absolute Gasteiger partial charge is 0.478 e. The molecule has 19 heavy (non-hydrogen) atoms. The van der Waals surface area contributed by atoms with Crippen molar-refractivity contribution in [1.82, 2.24) is 0 Å². The van der Waals surface area contributed by atoms with E-state index < -0.39 is 11.3 Å². The highest BCUT2D eigenvalue weighted by Crippen LogP contribution is 2.39. The minimum Gasteiger partial charge on any atom is -0.478 e. The van der Waals surface area contributed by atoms with Crippen LogP contribution in [0, 0.1) is 0 Å². The first-order valence-electron chi connectivity index (χ1n) is 5.76. The van der Waals surface area contributed by atoms with E-state index in [0.29, 0.717) is 0 Å². The molecule has 0 heterocycles. The molecule has 0 radical (unpaired) electrons. The summed E-state index contributed by atoms with van der Waals surface area (Å²) in [4.78, 5) is 10.8. The number of hydrogen-bond acceptors (Lipinski definition) is 1. The van der Waals surface area contributed by atoms with Gasteiger partial charge in [-0.1, -0.05) is 42.5 Å². The number of hydrogen-bond donors (Lipinski definition) is 1. The van der Waals surface area contributed by atoms with Crippen molar-refractivity contribution < 1.29 is 9.90 Å². The quantitative estimate of drug-likeness (QED) is 0.834. The van der Waals surface area contributed by atoms with Gasteiger partial charge in [0, 0.05) is 0 Å². The maximum Gasteiger partial charge on any atom is 0.335 e. The summed E-state index contributed by atoms with van der Waals surface area (Å²) in [6, 6.07) is 16.0. The SMILES string of the molecule is O=C(O)c1ccc(C(Cl)C(Cl)c2ccccc2)cc1. The molecule has 0 saturated carbocycles. The Balaban J connectivity index is 2.19. The Morgan fingerprint density at radius 1 is 0.842 bits per heavy atom. The molecule has 0 aliphatic rings. The number of carbonyl (C=O) groups is 1. The lowest BCUT2D eigenvalue weighted by molar-refractivity contribution is 0.0697. The second-order valence-electron chi connectivity index (χ2n) is 4.14. The third-order valence-electron chi connectivity index (χ3n) is 2.85. The lowest BCUT2D eigenvalue weighted by atomic mass is 10.0. The summed E-state index contributed by atoms with van der Waals surface area (Å²) >= 11 is 12.7. The van der Waals surface area contributed by atoms with Crippen molar-refractivity contribution in [3.8, 4) is 0 Å². The van der Waals surface area contributed by atoms with Gasteiger partial charge in [0.1, 0.15) is 0 Å². The molecule has 1 N–H and O–H groups in total. The molecule has 2 atom stereocenters. The van der Waals surface area contributed by atoms with Gasteiger partial charge in [-0.15, -0.1) is 23.2 Å².